The maximum atomic E-state index is 11.8. The lowest BCUT2D eigenvalue weighted by Crippen LogP contribution is -2.48. The van der Waals surface area contributed by atoms with Crippen molar-refractivity contribution in [2.24, 2.45) is 0 Å². The van der Waals surface area contributed by atoms with Gasteiger partial charge in [0, 0.05) is 19.6 Å². The summed E-state index contributed by atoms with van der Waals surface area (Å²) in [6.07, 6.45) is -0.270. The summed E-state index contributed by atoms with van der Waals surface area (Å²) in [6.45, 7) is 13.9. The zero-order chi connectivity index (χ0) is 12.1. The third-order valence-corrected chi connectivity index (χ3v) is 1.98. The van der Waals surface area contributed by atoms with Gasteiger partial charge in [-0.05, 0) is 27.7 Å². The fourth-order valence-corrected chi connectivity index (χ4v) is 1.32. The Labute approximate surface area is 93.2 Å². The maximum absolute atomic E-state index is 11.8. The van der Waals surface area contributed by atoms with Crippen LogP contribution in [-0.2, 0) is 4.74 Å². The minimum atomic E-state index is -0.433. The van der Waals surface area contributed by atoms with Crippen molar-refractivity contribution >= 4 is 6.09 Å². The molecule has 0 unspecified atom stereocenters. The standard InChI is InChI=1S/C11H24N2O2/c1-7-12(8-2)13(9-3)10(14)15-11(4,5)6/h7-9H2,1-6H3. The van der Waals surface area contributed by atoms with Crippen LogP contribution >= 0.6 is 0 Å². The first-order valence-corrected chi connectivity index (χ1v) is 5.61. The summed E-state index contributed by atoms with van der Waals surface area (Å²) >= 11 is 0. The second kappa shape index (κ2) is 5.95. The van der Waals surface area contributed by atoms with Crippen molar-refractivity contribution < 1.29 is 9.53 Å². The number of hydrogen-bond acceptors (Lipinski definition) is 3. The van der Waals surface area contributed by atoms with Gasteiger partial charge < -0.3 is 4.74 Å². The first kappa shape index (κ1) is 14.2. The Morgan fingerprint density at radius 3 is 1.80 bits per heavy atom. The third-order valence-electron chi connectivity index (χ3n) is 1.98. The fraction of sp³-hybridized carbons (Fsp3) is 0.909. The zero-order valence-electron chi connectivity index (χ0n) is 10.8. The Kier molecular flexibility index (Phi) is 5.65. The van der Waals surface area contributed by atoms with E-state index in [-0.39, 0.29) is 6.09 Å². The Bertz CT molecular complexity index is 195. The number of carbonyl (C=O) groups is 1. The first-order chi connectivity index (χ1) is 6.85. The highest BCUT2D eigenvalue weighted by molar-refractivity contribution is 5.67. The van der Waals surface area contributed by atoms with Crippen LogP contribution in [0.5, 0.6) is 0 Å². The number of hydrazine groups is 1. The molecule has 0 aliphatic carbocycles. The quantitative estimate of drug-likeness (QED) is 0.677. The van der Waals surface area contributed by atoms with Crippen LogP contribution in [0.1, 0.15) is 41.5 Å². The Morgan fingerprint density at radius 2 is 1.53 bits per heavy atom. The van der Waals surface area contributed by atoms with Gasteiger partial charge in [-0.15, -0.1) is 0 Å². The summed E-state index contributed by atoms with van der Waals surface area (Å²) in [5.41, 5.74) is -0.433. The summed E-state index contributed by atoms with van der Waals surface area (Å²) in [6, 6.07) is 0. The van der Waals surface area contributed by atoms with Gasteiger partial charge in [-0.25, -0.2) is 14.8 Å². The molecule has 0 aromatic heterocycles. The maximum Gasteiger partial charge on any atom is 0.424 e. The summed E-state index contributed by atoms with van der Waals surface area (Å²) in [7, 11) is 0. The molecule has 0 radical (unpaired) electrons. The van der Waals surface area contributed by atoms with Crippen molar-refractivity contribution in [2.45, 2.75) is 47.1 Å². The van der Waals surface area contributed by atoms with E-state index in [4.69, 9.17) is 4.74 Å². The molecule has 1 amide bonds. The van der Waals surface area contributed by atoms with Gasteiger partial charge in [-0.1, -0.05) is 13.8 Å². The van der Waals surface area contributed by atoms with Crippen LogP contribution in [0.3, 0.4) is 0 Å². The van der Waals surface area contributed by atoms with Gasteiger partial charge in [0.05, 0.1) is 0 Å². The smallest absolute Gasteiger partial charge is 0.424 e. The molecule has 0 saturated heterocycles. The van der Waals surface area contributed by atoms with Crippen molar-refractivity contribution in [2.75, 3.05) is 19.6 Å². The molecular formula is C11H24N2O2. The molecule has 0 atom stereocenters. The second-order valence-electron chi connectivity index (χ2n) is 4.34. The van der Waals surface area contributed by atoms with Crippen molar-refractivity contribution in [3.63, 3.8) is 0 Å². The van der Waals surface area contributed by atoms with Crippen LogP contribution in [0.25, 0.3) is 0 Å². The van der Waals surface area contributed by atoms with Crippen molar-refractivity contribution in [3.8, 4) is 0 Å². The van der Waals surface area contributed by atoms with Gasteiger partial charge in [0.15, 0.2) is 0 Å². The van der Waals surface area contributed by atoms with Gasteiger partial charge in [0.1, 0.15) is 5.60 Å². The van der Waals surface area contributed by atoms with Gasteiger partial charge >= 0.3 is 6.09 Å². The van der Waals surface area contributed by atoms with E-state index in [1.54, 1.807) is 5.01 Å². The molecule has 0 aliphatic rings. The number of carbonyl (C=O) groups excluding carboxylic acids is 1. The van der Waals surface area contributed by atoms with Crippen LogP contribution in [0.2, 0.25) is 0 Å². The topological polar surface area (TPSA) is 32.8 Å². The van der Waals surface area contributed by atoms with Crippen molar-refractivity contribution in [1.29, 1.82) is 0 Å². The minimum Gasteiger partial charge on any atom is -0.443 e. The van der Waals surface area contributed by atoms with E-state index in [1.807, 2.05) is 46.6 Å². The Morgan fingerprint density at radius 1 is 1.07 bits per heavy atom. The molecule has 0 fully saturated rings. The van der Waals surface area contributed by atoms with E-state index in [1.165, 1.54) is 0 Å². The van der Waals surface area contributed by atoms with E-state index in [2.05, 4.69) is 0 Å². The summed E-state index contributed by atoms with van der Waals surface area (Å²) in [5.74, 6) is 0. The van der Waals surface area contributed by atoms with E-state index in [0.717, 1.165) is 13.1 Å². The predicted molar refractivity (Wildman–Crippen MR) is 61.5 cm³/mol. The molecule has 0 spiro atoms. The molecule has 0 aromatic carbocycles. The van der Waals surface area contributed by atoms with E-state index < -0.39 is 5.60 Å². The van der Waals surface area contributed by atoms with Gasteiger partial charge in [0.25, 0.3) is 0 Å². The molecule has 90 valence electrons. The molecule has 0 aliphatic heterocycles. The summed E-state index contributed by atoms with van der Waals surface area (Å²) < 4.78 is 5.32. The predicted octanol–water partition coefficient (Wildman–Crippen LogP) is 2.50. The average molecular weight is 216 g/mol. The molecule has 0 heterocycles. The largest absolute Gasteiger partial charge is 0.443 e. The van der Waals surface area contributed by atoms with Crippen molar-refractivity contribution in [1.82, 2.24) is 10.0 Å². The highest BCUT2D eigenvalue weighted by atomic mass is 16.6. The Hall–Kier alpha value is -0.770. The van der Waals surface area contributed by atoms with Crippen LogP contribution in [0, 0.1) is 0 Å². The highest BCUT2D eigenvalue weighted by Crippen LogP contribution is 2.11. The summed E-state index contributed by atoms with van der Waals surface area (Å²) in [5, 5.41) is 3.61. The first-order valence-electron chi connectivity index (χ1n) is 5.61. The fourth-order valence-electron chi connectivity index (χ4n) is 1.32. The molecule has 15 heavy (non-hydrogen) atoms. The zero-order valence-corrected chi connectivity index (χ0v) is 10.8. The van der Waals surface area contributed by atoms with Gasteiger partial charge in [-0.2, -0.15) is 0 Å². The summed E-state index contributed by atoms with van der Waals surface area (Å²) in [4.78, 5) is 11.8. The molecule has 4 nitrogen and oxygen atoms in total. The number of hydrogen-bond donors (Lipinski definition) is 0. The average Bonchev–Trinajstić information content (AvgIpc) is 2.10. The molecular weight excluding hydrogens is 192 g/mol. The molecule has 4 heteroatoms. The Balaban J connectivity index is 4.46. The molecule has 0 aromatic rings. The lowest BCUT2D eigenvalue weighted by atomic mass is 10.2. The minimum absolute atomic E-state index is 0.270. The van der Waals surface area contributed by atoms with E-state index >= 15 is 0 Å². The van der Waals surface area contributed by atoms with Gasteiger partial charge in [-0.3, -0.25) is 0 Å². The van der Waals surface area contributed by atoms with Crippen LogP contribution < -0.4 is 0 Å². The highest BCUT2D eigenvalue weighted by Gasteiger charge is 2.23. The normalized spacial score (nSPS) is 11.7. The SMILES string of the molecule is CCN(CC)N(CC)C(=O)OC(C)(C)C. The third kappa shape index (κ3) is 5.02. The molecule has 0 rings (SSSR count). The molecule has 0 saturated carbocycles. The van der Waals surface area contributed by atoms with E-state index in [0.29, 0.717) is 6.54 Å². The van der Waals surface area contributed by atoms with Crippen LogP contribution in [0.4, 0.5) is 4.79 Å². The van der Waals surface area contributed by atoms with Crippen molar-refractivity contribution in [3.05, 3.63) is 0 Å². The lowest BCUT2D eigenvalue weighted by molar-refractivity contribution is -0.0441. The number of ether oxygens (including phenoxy) is 1. The van der Waals surface area contributed by atoms with E-state index in [9.17, 15) is 4.79 Å². The number of nitrogens with zero attached hydrogens (tertiary/aromatic N) is 2. The lowest BCUT2D eigenvalue weighted by Gasteiger charge is -2.33. The monoisotopic (exact) mass is 216 g/mol. The van der Waals surface area contributed by atoms with Crippen LogP contribution in [-0.4, -0.2) is 41.3 Å². The number of amides is 1. The van der Waals surface area contributed by atoms with Gasteiger partial charge in [0.2, 0.25) is 0 Å². The molecule has 0 bridgehead atoms. The van der Waals surface area contributed by atoms with Crippen LogP contribution in [0.15, 0.2) is 0 Å². The number of rotatable bonds is 4. The molecule has 0 N–H and O–H groups in total. The second-order valence-corrected chi connectivity index (χ2v) is 4.34.